The Hall–Kier alpha value is -0.120. The van der Waals surface area contributed by atoms with E-state index in [0.29, 0.717) is 5.41 Å². The smallest absolute Gasteiger partial charge is 0.113 e. The molecule has 0 bridgehead atoms. The number of aromatic nitrogens is 1. The largest absolute Gasteiger partial charge is 0.310 e. The number of nitrogens with one attached hydrogen (secondary N) is 1. The standard InChI is InChI=1S/C9H13ClN2S/c1-9(2-3-9)6-11-5-8-12-4-7(10)13-8/h4,11H,2-3,5-6H2,1H3. The van der Waals surface area contributed by atoms with Crippen molar-refractivity contribution in [3.05, 3.63) is 15.5 Å². The third kappa shape index (κ3) is 2.66. The van der Waals surface area contributed by atoms with Crippen molar-refractivity contribution in [2.24, 2.45) is 5.41 Å². The lowest BCUT2D eigenvalue weighted by molar-refractivity contribution is 0.499. The lowest BCUT2D eigenvalue weighted by Gasteiger charge is -2.07. The fraction of sp³-hybridized carbons (Fsp3) is 0.667. The molecule has 0 saturated heterocycles. The molecular formula is C9H13ClN2S. The topological polar surface area (TPSA) is 24.9 Å². The van der Waals surface area contributed by atoms with Gasteiger partial charge in [0.1, 0.15) is 9.34 Å². The molecule has 1 aliphatic carbocycles. The molecule has 1 fully saturated rings. The molecular weight excluding hydrogens is 204 g/mol. The lowest BCUT2D eigenvalue weighted by atomic mass is 10.1. The maximum atomic E-state index is 5.77. The summed E-state index contributed by atoms with van der Waals surface area (Å²) in [6, 6.07) is 0. The molecule has 0 radical (unpaired) electrons. The molecule has 1 N–H and O–H groups in total. The predicted molar refractivity (Wildman–Crippen MR) is 56.2 cm³/mol. The highest BCUT2D eigenvalue weighted by Crippen LogP contribution is 2.44. The van der Waals surface area contributed by atoms with Gasteiger partial charge >= 0.3 is 0 Å². The van der Waals surface area contributed by atoms with E-state index < -0.39 is 0 Å². The molecule has 1 heterocycles. The zero-order chi connectivity index (χ0) is 9.31. The molecule has 2 nitrogen and oxygen atoms in total. The molecule has 0 atom stereocenters. The van der Waals surface area contributed by atoms with Gasteiger partial charge in [0.15, 0.2) is 0 Å². The Morgan fingerprint density at radius 2 is 2.46 bits per heavy atom. The number of nitrogens with zero attached hydrogens (tertiary/aromatic N) is 1. The Bertz CT molecular complexity index is 294. The second-order valence-electron chi connectivity index (χ2n) is 3.97. The summed E-state index contributed by atoms with van der Waals surface area (Å²) in [5.41, 5.74) is 0.570. The highest BCUT2D eigenvalue weighted by Gasteiger charge is 2.36. The number of thiazole rings is 1. The van der Waals surface area contributed by atoms with Crippen LogP contribution in [0.15, 0.2) is 6.20 Å². The van der Waals surface area contributed by atoms with Crippen molar-refractivity contribution in [2.75, 3.05) is 6.54 Å². The Labute approximate surface area is 87.3 Å². The van der Waals surface area contributed by atoms with Gasteiger partial charge in [0.25, 0.3) is 0 Å². The van der Waals surface area contributed by atoms with E-state index in [9.17, 15) is 0 Å². The molecule has 0 unspecified atom stereocenters. The van der Waals surface area contributed by atoms with Crippen molar-refractivity contribution in [1.82, 2.24) is 10.3 Å². The number of hydrogen-bond acceptors (Lipinski definition) is 3. The molecule has 0 aromatic carbocycles. The minimum Gasteiger partial charge on any atom is -0.310 e. The van der Waals surface area contributed by atoms with Gasteiger partial charge in [-0.15, -0.1) is 11.3 Å². The average molecular weight is 217 g/mol. The van der Waals surface area contributed by atoms with Crippen LogP contribution in [0.1, 0.15) is 24.8 Å². The molecule has 4 heteroatoms. The van der Waals surface area contributed by atoms with Crippen LogP contribution in [0.25, 0.3) is 0 Å². The van der Waals surface area contributed by atoms with Gasteiger partial charge in [-0.05, 0) is 18.3 Å². The van der Waals surface area contributed by atoms with Gasteiger partial charge in [0, 0.05) is 13.1 Å². The zero-order valence-corrected chi connectivity index (χ0v) is 9.21. The molecule has 0 spiro atoms. The summed E-state index contributed by atoms with van der Waals surface area (Å²) in [4.78, 5) is 4.18. The first-order valence-corrected chi connectivity index (χ1v) is 5.68. The first-order valence-electron chi connectivity index (χ1n) is 4.49. The average Bonchev–Trinajstić information content (AvgIpc) is 2.65. The molecule has 1 aliphatic rings. The van der Waals surface area contributed by atoms with Crippen LogP contribution in [-0.2, 0) is 6.54 Å². The summed E-state index contributed by atoms with van der Waals surface area (Å²) in [7, 11) is 0. The van der Waals surface area contributed by atoms with Crippen LogP contribution in [0.3, 0.4) is 0 Å². The van der Waals surface area contributed by atoms with Crippen LogP contribution in [-0.4, -0.2) is 11.5 Å². The second kappa shape index (κ2) is 3.56. The van der Waals surface area contributed by atoms with Crippen LogP contribution in [0.2, 0.25) is 4.34 Å². The summed E-state index contributed by atoms with van der Waals surface area (Å²) in [5.74, 6) is 0. The summed E-state index contributed by atoms with van der Waals surface area (Å²) in [6.07, 6.45) is 4.43. The van der Waals surface area contributed by atoms with Crippen LogP contribution in [0.5, 0.6) is 0 Å². The van der Waals surface area contributed by atoms with Crippen LogP contribution < -0.4 is 5.32 Å². The molecule has 72 valence electrons. The van der Waals surface area contributed by atoms with Crippen LogP contribution >= 0.6 is 22.9 Å². The highest BCUT2D eigenvalue weighted by molar-refractivity contribution is 7.15. The fourth-order valence-corrected chi connectivity index (χ4v) is 2.16. The first kappa shape index (κ1) is 9.44. The minimum absolute atomic E-state index is 0.570. The van der Waals surface area contributed by atoms with Crippen molar-refractivity contribution in [3.8, 4) is 0 Å². The molecule has 13 heavy (non-hydrogen) atoms. The second-order valence-corrected chi connectivity index (χ2v) is 5.72. The normalized spacial score (nSPS) is 18.9. The Kier molecular flexibility index (Phi) is 2.58. The van der Waals surface area contributed by atoms with Crippen molar-refractivity contribution in [2.45, 2.75) is 26.3 Å². The van der Waals surface area contributed by atoms with E-state index in [1.807, 2.05) is 0 Å². The fourth-order valence-electron chi connectivity index (χ4n) is 1.23. The summed E-state index contributed by atoms with van der Waals surface area (Å²) >= 11 is 7.32. The van der Waals surface area contributed by atoms with E-state index in [1.54, 1.807) is 17.5 Å². The van der Waals surface area contributed by atoms with E-state index in [4.69, 9.17) is 11.6 Å². The minimum atomic E-state index is 0.570. The van der Waals surface area contributed by atoms with Gasteiger partial charge in [-0.1, -0.05) is 18.5 Å². The van der Waals surface area contributed by atoms with Gasteiger partial charge in [-0.25, -0.2) is 4.98 Å². The van der Waals surface area contributed by atoms with Crippen molar-refractivity contribution in [3.63, 3.8) is 0 Å². The molecule has 1 aromatic rings. The molecule has 2 rings (SSSR count). The van der Waals surface area contributed by atoms with E-state index in [2.05, 4.69) is 17.2 Å². The highest BCUT2D eigenvalue weighted by atomic mass is 35.5. The predicted octanol–water partition coefficient (Wildman–Crippen LogP) is 2.69. The first-order chi connectivity index (χ1) is 6.18. The quantitative estimate of drug-likeness (QED) is 0.837. The van der Waals surface area contributed by atoms with E-state index >= 15 is 0 Å². The van der Waals surface area contributed by atoms with Gasteiger partial charge in [0.05, 0.1) is 6.20 Å². The molecule has 1 saturated carbocycles. The maximum Gasteiger partial charge on any atom is 0.113 e. The van der Waals surface area contributed by atoms with E-state index in [0.717, 1.165) is 22.4 Å². The number of halogens is 1. The SMILES string of the molecule is CC1(CNCc2ncc(Cl)s2)CC1. The van der Waals surface area contributed by atoms with E-state index in [1.165, 1.54) is 12.8 Å². The summed E-state index contributed by atoms with van der Waals surface area (Å²) in [5, 5.41) is 4.48. The van der Waals surface area contributed by atoms with Gasteiger partial charge in [0.2, 0.25) is 0 Å². The third-order valence-corrected chi connectivity index (χ3v) is 3.57. The summed E-state index contributed by atoms with van der Waals surface area (Å²) < 4.78 is 0.773. The monoisotopic (exact) mass is 216 g/mol. The van der Waals surface area contributed by atoms with Gasteiger partial charge in [-0.2, -0.15) is 0 Å². The van der Waals surface area contributed by atoms with Crippen molar-refractivity contribution >= 4 is 22.9 Å². The van der Waals surface area contributed by atoms with Gasteiger partial charge in [-0.3, -0.25) is 0 Å². The maximum absolute atomic E-state index is 5.77. The molecule has 0 aliphatic heterocycles. The zero-order valence-electron chi connectivity index (χ0n) is 7.64. The van der Waals surface area contributed by atoms with Crippen LogP contribution in [0.4, 0.5) is 0 Å². The lowest BCUT2D eigenvalue weighted by Crippen LogP contribution is -2.21. The third-order valence-electron chi connectivity index (χ3n) is 2.46. The Balaban J connectivity index is 1.73. The summed E-state index contributed by atoms with van der Waals surface area (Å²) in [6.45, 7) is 4.27. The van der Waals surface area contributed by atoms with Crippen molar-refractivity contribution < 1.29 is 0 Å². The van der Waals surface area contributed by atoms with Crippen LogP contribution in [0, 0.1) is 5.41 Å². The Morgan fingerprint density at radius 3 is 3.00 bits per heavy atom. The Morgan fingerprint density at radius 1 is 1.69 bits per heavy atom. The van der Waals surface area contributed by atoms with Crippen molar-refractivity contribution in [1.29, 1.82) is 0 Å². The molecule has 0 amide bonds. The van der Waals surface area contributed by atoms with Gasteiger partial charge < -0.3 is 5.32 Å². The number of rotatable bonds is 4. The molecule has 1 aromatic heterocycles. The van der Waals surface area contributed by atoms with E-state index in [-0.39, 0.29) is 0 Å². The number of hydrogen-bond donors (Lipinski definition) is 1.